The lowest BCUT2D eigenvalue weighted by atomic mass is 9.82. The third-order valence-corrected chi connectivity index (χ3v) is 18.5. The van der Waals surface area contributed by atoms with Gasteiger partial charge in [-0.3, -0.25) is 4.57 Å². The molecule has 15 rings (SSSR count). The first-order valence-electron chi connectivity index (χ1n) is 45.0. The van der Waals surface area contributed by atoms with Crippen molar-refractivity contribution in [3.63, 3.8) is 0 Å². The van der Waals surface area contributed by atoms with Crippen LogP contribution < -0.4 is 30.1 Å². The number of hydrogen-bond acceptors (Lipinski definition) is 2. The molecule has 0 aliphatic carbocycles. The number of imidazole rings is 1. The van der Waals surface area contributed by atoms with E-state index in [0.717, 1.165) is 40.5 Å². The summed E-state index contributed by atoms with van der Waals surface area (Å²) in [5, 5.41) is -3.92. The second-order valence-electron chi connectivity index (χ2n) is 19.2. The molecule has 1 aliphatic heterocycles. The second kappa shape index (κ2) is 19.8. The maximum Gasteiger partial charge on any atom is 0.255 e. The molecule has 83 heavy (non-hydrogen) atoms. The molecule has 6 heteroatoms. The van der Waals surface area contributed by atoms with E-state index in [1.165, 1.54) is 53.2 Å². The zero-order chi connectivity index (χ0) is 89.3. The number of pyridine rings is 1. The summed E-state index contributed by atoms with van der Waals surface area (Å²) < 4.78 is 381. The van der Waals surface area contributed by atoms with Gasteiger partial charge < -0.3 is 4.74 Å². The summed E-state index contributed by atoms with van der Waals surface area (Å²) in [5.41, 5.74) is -13.0. The fourth-order valence-corrected chi connectivity index (χ4v) is 14.6. The van der Waals surface area contributed by atoms with Crippen LogP contribution in [0.4, 0.5) is 0 Å². The minimum Gasteiger partial charge on any atom is -0.457 e. The summed E-state index contributed by atoms with van der Waals surface area (Å²) in [4.78, 5) is 4.56. The highest BCUT2D eigenvalue weighted by atomic mass is 28.3. The third-order valence-electron chi connectivity index (χ3n) is 14.5. The quantitative estimate of drug-likeness (QED) is 0.0820. The molecule has 4 heterocycles. The van der Waals surface area contributed by atoms with E-state index in [9.17, 15) is 41.1 Å². The number of nitrogens with zero attached hydrogens (tertiary/aromatic N) is 4. The van der Waals surface area contributed by atoms with Crippen molar-refractivity contribution in [3.8, 4) is 73.2 Å². The summed E-state index contributed by atoms with van der Waals surface area (Å²) in [6.07, 6.45) is 2.42. The first kappa shape index (κ1) is 23.7. The van der Waals surface area contributed by atoms with E-state index in [1.807, 2.05) is 6.07 Å². The predicted molar refractivity (Wildman–Crippen MR) is 346 cm³/mol. The van der Waals surface area contributed by atoms with Gasteiger partial charge in [-0.25, -0.2) is 4.98 Å². The Labute approximate surface area is 540 Å². The first-order chi connectivity index (χ1) is 56.9. The fraction of sp³-hybridized carbons (Fsp3) is 0.0649. The van der Waals surface area contributed by atoms with Gasteiger partial charge >= 0.3 is 0 Å². The van der Waals surface area contributed by atoms with Gasteiger partial charge in [-0.15, -0.1) is 0 Å². The minimum atomic E-state index is -6.88. The van der Waals surface area contributed by atoms with Gasteiger partial charge in [-0.1, -0.05) is 226 Å². The fourth-order valence-electron chi connectivity index (χ4n) is 11.1. The van der Waals surface area contributed by atoms with Crippen LogP contribution in [0, 0.1) is 6.85 Å². The molecular weight excluding hydrogens is 1020 g/mol. The highest BCUT2D eigenvalue weighted by Crippen LogP contribution is 2.47. The van der Waals surface area contributed by atoms with Gasteiger partial charge in [0.25, 0.3) is 6.33 Å². The molecule has 396 valence electrons. The zero-order valence-corrected chi connectivity index (χ0v) is 43.7. The minimum absolute atomic E-state index is 0.0237. The van der Waals surface area contributed by atoms with E-state index in [-0.39, 0.29) is 34.1 Å². The Hall–Kier alpha value is -10.1. The maximum absolute atomic E-state index is 11.4. The van der Waals surface area contributed by atoms with Crippen molar-refractivity contribution in [3.05, 3.63) is 296 Å². The van der Waals surface area contributed by atoms with Crippen molar-refractivity contribution >= 4 is 61.7 Å². The molecule has 11 aromatic carbocycles. The number of benzene rings is 11. The molecule has 0 saturated carbocycles. The molecule has 5 nitrogen and oxygen atoms in total. The highest BCUT2D eigenvalue weighted by Gasteiger charge is 2.43. The number of aryl methyl sites for hydroxylation is 1. The SMILES string of the molecule is [2H]c1c([2H])c([2H])c(-c2cc3c4c(c2)n(-c2cccc(Oc5ccc6c7ccccc7n(-c7cc(C([2H])([2H])[2H])ccn7)c6c5)c2)c[n+]4-c2c(cccc2C(C([2H])([2H])[2H])(C([2H])([2H])[2H])C([2H])([2H])[2H])-c2c([2H])c([Si](c4c([2H])c([2H])c([2H])c([2H])c4[2H])(c4c([2H])c([2H])c([2H])c([2H])c4[2H])c4c([2H])c([2H])c([2H])c([2H])c4[2H])c([2H])c([2H])c2-c2c([2H])c([2H])c([2H])c([2H])c2-3)c([2H])c1[2H]. The number of rotatable bonds is 9. The van der Waals surface area contributed by atoms with Crippen LogP contribution in [0.5, 0.6) is 11.5 Å². The Balaban J connectivity index is 1.19. The van der Waals surface area contributed by atoms with E-state index in [1.54, 1.807) is 41.0 Å². The number of para-hydroxylation sites is 2. The van der Waals surface area contributed by atoms with Crippen LogP contribution >= 0.6 is 0 Å². The van der Waals surface area contributed by atoms with Crippen molar-refractivity contribution in [1.82, 2.24) is 14.1 Å². The summed E-state index contributed by atoms with van der Waals surface area (Å²) in [7, 11) is -6.88. The molecule has 3 aromatic heterocycles. The largest absolute Gasteiger partial charge is 0.457 e. The zero-order valence-electron chi connectivity index (χ0n) is 81.7. The highest BCUT2D eigenvalue weighted by molar-refractivity contribution is 7.20. The van der Waals surface area contributed by atoms with Crippen LogP contribution in [0.2, 0.25) is 0 Å². The average Bonchev–Trinajstić information content (AvgIpc) is 1.25. The standard InChI is InChI=1S/C77H59N4OSi/c1-52-43-44-78-74(45-52)81-71-38-20-19-35-65(71)66-41-39-57(49-72(66)81)82-56-26-21-25-55(48-56)79-51-80-75-67(36-22-37-70(75)77(2,3)4)68-50-61(83(58-27-11-6-12-28-58,59-29-13-7-14-30-59)60-31-15-8-16-32-60)40-42-64(68)62-33-17-18-34-63(62)69-46-54(47-73(79)76(69)80)53-23-9-5-10-24-53/h5-51H,1-4H3/q+1/i1D3,2D3,3D3,4D3,5D,6D,7D,8D,9D,10D,11D,12D,13D,14D,15D,16D,17D,18D,23D,24D,27D,28D,29D,30D,31D,32D,33D,34D,40D,42D,50D. The van der Waals surface area contributed by atoms with Crippen LogP contribution in [0.1, 0.15) is 85.1 Å². The topological polar surface area (TPSA) is 35.9 Å². The maximum atomic E-state index is 11.4. The number of fused-ring (bicyclic) bond motifs is 10. The average molecular weight is 1120 g/mol. The number of hydrogen-bond donors (Lipinski definition) is 0. The summed E-state index contributed by atoms with van der Waals surface area (Å²) in [6.45, 7) is -15.5. The van der Waals surface area contributed by atoms with E-state index in [4.69, 9.17) is 17.1 Å². The number of aromatic nitrogens is 4. The van der Waals surface area contributed by atoms with Crippen LogP contribution in [-0.2, 0) is 5.41 Å². The van der Waals surface area contributed by atoms with Crippen molar-refractivity contribution in [2.45, 2.75) is 32.8 Å². The lowest BCUT2D eigenvalue weighted by Crippen LogP contribution is -2.74. The Morgan fingerprint density at radius 2 is 1.14 bits per heavy atom. The Kier molecular flexibility index (Phi) is 5.68. The molecule has 0 unspecified atom stereocenters. The molecule has 1 aliphatic rings. The van der Waals surface area contributed by atoms with Crippen LogP contribution in [0.25, 0.3) is 94.5 Å². The molecule has 0 bridgehead atoms. The van der Waals surface area contributed by atoms with Gasteiger partial charge in [-0.05, 0) is 127 Å². The Bertz CT molecular complexity index is 6660. The van der Waals surface area contributed by atoms with E-state index in [0.29, 0.717) is 16.4 Å². The van der Waals surface area contributed by atoms with Crippen molar-refractivity contribution in [2.75, 3.05) is 0 Å². The molecule has 0 atom stereocenters. The van der Waals surface area contributed by atoms with Crippen molar-refractivity contribution in [1.29, 1.82) is 0 Å². The van der Waals surface area contributed by atoms with Crippen LogP contribution in [-0.4, -0.2) is 22.2 Å². The van der Waals surface area contributed by atoms with E-state index >= 15 is 0 Å². The molecular formula is C77H59N4OSi+. The monoisotopic (exact) mass is 1120 g/mol. The first-order valence-corrected chi connectivity index (χ1v) is 27.5. The third kappa shape index (κ3) is 8.27. The summed E-state index contributed by atoms with van der Waals surface area (Å²) in [6, 6.07) is -8.13. The Morgan fingerprint density at radius 3 is 1.87 bits per heavy atom. The summed E-state index contributed by atoms with van der Waals surface area (Å²) in [5.74, 6) is 0.302. The lowest BCUT2D eigenvalue weighted by Gasteiger charge is -2.35. The van der Waals surface area contributed by atoms with Gasteiger partial charge in [0, 0.05) is 62.2 Å². The van der Waals surface area contributed by atoms with E-state index in [2.05, 4.69) is 4.98 Å². The number of ether oxygens (including phenoxy) is 1. The normalized spacial score (nSPS) is 19.4. The Morgan fingerprint density at radius 1 is 0.494 bits per heavy atom. The molecule has 0 spiro atoms. The van der Waals surface area contributed by atoms with Gasteiger partial charge in [0.2, 0.25) is 0 Å². The lowest BCUT2D eigenvalue weighted by molar-refractivity contribution is -0.567. The predicted octanol–water partition coefficient (Wildman–Crippen LogP) is 16.2. The van der Waals surface area contributed by atoms with Gasteiger partial charge in [0.15, 0.2) is 19.1 Å². The molecule has 14 aromatic rings. The molecule has 0 N–H and O–H groups in total. The van der Waals surface area contributed by atoms with Crippen LogP contribution in [0.3, 0.4) is 0 Å². The molecule has 0 amide bonds. The van der Waals surface area contributed by atoms with Gasteiger partial charge in [0.05, 0.1) is 48.0 Å². The van der Waals surface area contributed by atoms with Gasteiger partial charge in [-0.2, -0.15) is 9.13 Å². The second-order valence-corrected chi connectivity index (χ2v) is 22.7. The van der Waals surface area contributed by atoms with Crippen molar-refractivity contribution in [2.24, 2.45) is 0 Å². The molecule has 0 fully saturated rings. The van der Waals surface area contributed by atoms with Gasteiger partial charge in [0.1, 0.15) is 28.7 Å². The molecule has 0 radical (unpaired) electrons. The van der Waals surface area contributed by atoms with Crippen LogP contribution in [0.15, 0.2) is 285 Å². The smallest absolute Gasteiger partial charge is 0.255 e. The van der Waals surface area contributed by atoms with Crippen molar-refractivity contribution < 1.29 is 62.8 Å². The molecule has 0 saturated heterocycles. The van der Waals surface area contributed by atoms with E-state index < -0.39 is 286 Å². The summed E-state index contributed by atoms with van der Waals surface area (Å²) >= 11 is 0.